The SMILES string of the molecule is CCCCN(C)C(=O)NCCCN1C(=O)c2ccc(Br)cc2C1=O. The van der Waals surface area contributed by atoms with Gasteiger partial charge in [0.15, 0.2) is 0 Å². The highest BCUT2D eigenvalue weighted by Crippen LogP contribution is 2.25. The molecule has 0 fully saturated rings. The van der Waals surface area contributed by atoms with Gasteiger partial charge in [0.2, 0.25) is 0 Å². The molecule has 7 heteroatoms. The van der Waals surface area contributed by atoms with Crippen molar-refractivity contribution in [1.82, 2.24) is 15.1 Å². The van der Waals surface area contributed by atoms with Gasteiger partial charge in [-0.25, -0.2) is 4.79 Å². The van der Waals surface area contributed by atoms with Crippen molar-refractivity contribution in [2.45, 2.75) is 26.2 Å². The molecule has 4 amide bonds. The summed E-state index contributed by atoms with van der Waals surface area (Å²) in [7, 11) is 1.76. The van der Waals surface area contributed by atoms with Crippen LogP contribution in [0.1, 0.15) is 46.9 Å². The molecular weight excluding hydrogens is 374 g/mol. The molecule has 1 aromatic carbocycles. The number of halogens is 1. The summed E-state index contributed by atoms with van der Waals surface area (Å²) in [6.45, 7) is 3.51. The molecular formula is C17H22BrN3O3. The first-order valence-corrected chi connectivity index (χ1v) is 8.89. The molecule has 0 aliphatic carbocycles. The summed E-state index contributed by atoms with van der Waals surface area (Å²) in [4.78, 5) is 39.3. The highest BCUT2D eigenvalue weighted by atomic mass is 79.9. The van der Waals surface area contributed by atoms with Gasteiger partial charge in [-0.2, -0.15) is 0 Å². The van der Waals surface area contributed by atoms with Crippen LogP contribution in [0.3, 0.4) is 0 Å². The van der Waals surface area contributed by atoms with Crippen LogP contribution in [-0.4, -0.2) is 54.3 Å². The Labute approximate surface area is 150 Å². The largest absolute Gasteiger partial charge is 0.338 e. The minimum absolute atomic E-state index is 0.130. The fourth-order valence-corrected chi connectivity index (χ4v) is 2.89. The van der Waals surface area contributed by atoms with E-state index < -0.39 is 0 Å². The van der Waals surface area contributed by atoms with Crippen molar-refractivity contribution in [2.75, 3.05) is 26.7 Å². The van der Waals surface area contributed by atoms with Gasteiger partial charge in [0, 0.05) is 31.2 Å². The molecule has 1 aliphatic rings. The number of unbranched alkanes of at least 4 members (excludes halogenated alkanes) is 1. The first kappa shape index (κ1) is 18.4. The van der Waals surface area contributed by atoms with Gasteiger partial charge in [-0.15, -0.1) is 0 Å². The molecule has 1 aliphatic heterocycles. The Morgan fingerprint density at radius 1 is 1.21 bits per heavy atom. The van der Waals surface area contributed by atoms with Crippen molar-refractivity contribution in [1.29, 1.82) is 0 Å². The third-order valence-electron chi connectivity index (χ3n) is 3.96. The number of urea groups is 1. The number of fused-ring (bicyclic) bond motifs is 1. The van der Waals surface area contributed by atoms with Crippen molar-refractivity contribution in [3.05, 3.63) is 33.8 Å². The van der Waals surface area contributed by atoms with Crippen molar-refractivity contribution in [2.24, 2.45) is 0 Å². The molecule has 0 saturated heterocycles. The molecule has 0 radical (unpaired) electrons. The summed E-state index contributed by atoms with van der Waals surface area (Å²) in [6, 6.07) is 4.94. The number of nitrogens with one attached hydrogen (secondary N) is 1. The summed E-state index contributed by atoms with van der Waals surface area (Å²) in [5.74, 6) is -0.545. The van der Waals surface area contributed by atoms with E-state index in [9.17, 15) is 14.4 Å². The van der Waals surface area contributed by atoms with E-state index in [0.717, 1.165) is 23.9 Å². The van der Waals surface area contributed by atoms with E-state index in [0.29, 0.717) is 30.6 Å². The second-order valence-corrected chi connectivity index (χ2v) is 6.73. The van der Waals surface area contributed by atoms with Gasteiger partial charge in [-0.1, -0.05) is 29.3 Å². The third-order valence-corrected chi connectivity index (χ3v) is 4.45. The van der Waals surface area contributed by atoms with Crippen molar-refractivity contribution < 1.29 is 14.4 Å². The molecule has 6 nitrogen and oxygen atoms in total. The maximum absolute atomic E-state index is 12.3. The highest BCUT2D eigenvalue weighted by molar-refractivity contribution is 9.10. The summed E-state index contributed by atoms with van der Waals surface area (Å²) in [5, 5.41) is 2.81. The number of carbonyl (C=O) groups is 3. The Hall–Kier alpha value is -1.89. The Morgan fingerprint density at radius 2 is 1.92 bits per heavy atom. The van der Waals surface area contributed by atoms with Gasteiger partial charge in [0.25, 0.3) is 11.8 Å². The Bertz CT molecular complexity index is 648. The number of benzene rings is 1. The van der Waals surface area contributed by atoms with Crippen LogP contribution in [0.25, 0.3) is 0 Å². The van der Waals surface area contributed by atoms with Crippen LogP contribution >= 0.6 is 15.9 Å². The van der Waals surface area contributed by atoms with Crippen LogP contribution in [0.4, 0.5) is 4.79 Å². The van der Waals surface area contributed by atoms with Crippen LogP contribution < -0.4 is 5.32 Å². The Balaban J connectivity index is 1.81. The quantitative estimate of drug-likeness (QED) is 0.569. The van der Waals surface area contributed by atoms with Crippen molar-refractivity contribution >= 4 is 33.8 Å². The zero-order valence-corrected chi connectivity index (χ0v) is 15.6. The molecule has 0 aromatic heterocycles. The van der Waals surface area contributed by atoms with Gasteiger partial charge >= 0.3 is 6.03 Å². The predicted octanol–water partition coefficient (Wildman–Crippen LogP) is 2.88. The number of nitrogens with zero attached hydrogens (tertiary/aromatic N) is 2. The van der Waals surface area contributed by atoms with E-state index in [1.807, 2.05) is 0 Å². The first-order chi connectivity index (χ1) is 11.5. The molecule has 0 bridgehead atoms. The second-order valence-electron chi connectivity index (χ2n) is 5.81. The zero-order chi connectivity index (χ0) is 17.7. The lowest BCUT2D eigenvalue weighted by Crippen LogP contribution is -2.39. The Kier molecular flexibility index (Phi) is 6.36. The highest BCUT2D eigenvalue weighted by Gasteiger charge is 2.34. The summed E-state index contributed by atoms with van der Waals surface area (Å²) < 4.78 is 0.770. The van der Waals surface area contributed by atoms with Crippen LogP contribution in [0.5, 0.6) is 0 Å². The van der Waals surface area contributed by atoms with Gasteiger partial charge < -0.3 is 10.2 Å². The third kappa shape index (κ3) is 4.14. The molecule has 0 unspecified atom stereocenters. The van der Waals surface area contributed by atoms with Crippen LogP contribution in [0.15, 0.2) is 22.7 Å². The van der Waals surface area contributed by atoms with Gasteiger partial charge in [0.05, 0.1) is 11.1 Å². The number of hydrogen-bond donors (Lipinski definition) is 1. The first-order valence-electron chi connectivity index (χ1n) is 8.10. The van der Waals surface area contributed by atoms with Crippen LogP contribution in [0, 0.1) is 0 Å². The normalized spacial score (nSPS) is 13.2. The molecule has 130 valence electrons. The molecule has 0 saturated carbocycles. The summed E-state index contributed by atoms with van der Waals surface area (Å²) in [5.41, 5.74) is 0.865. The smallest absolute Gasteiger partial charge is 0.317 e. The standard InChI is InChI=1S/C17H22BrN3O3/c1-3-4-9-20(2)17(24)19-8-5-10-21-15(22)13-7-6-12(18)11-14(13)16(21)23/h6-7,11H,3-5,8-10H2,1-2H3,(H,19,24). The number of rotatable bonds is 7. The van der Waals surface area contributed by atoms with Crippen molar-refractivity contribution in [3.8, 4) is 0 Å². The number of hydrogen-bond acceptors (Lipinski definition) is 3. The number of carbonyl (C=O) groups excluding carboxylic acids is 3. The zero-order valence-electron chi connectivity index (χ0n) is 14.0. The van der Waals surface area contributed by atoms with Crippen LogP contribution in [0.2, 0.25) is 0 Å². The molecule has 1 heterocycles. The maximum Gasteiger partial charge on any atom is 0.317 e. The van der Waals surface area contributed by atoms with E-state index >= 15 is 0 Å². The van der Waals surface area contributed by atoms with Crippen LogP contribution in [-0.2, 0) is 0 Å². The molecule has 0 atom stereocenters. The molecule has 1 N–H and O–H groups in total. The minimum Gasteiger partial charge on any atom is -0.338 e. The number of imide groups is 1. The lowest BCUT2D eigenvalue weighted by atomic mass is 10.1. The minimum atomic E-state index is -0.275. The lowest BCUT2D eigenvalue weighted by Gasteiger charge is -2.18. The topological polar surface area (TPSA) is 69.7 Å². The average molecular weight is 396 g/mol. The molecule has 24 heavy (non-hydrogen) atoms. The second kappa shape index (κ2) is 8.28. The van der Waals surface area contributed by atoms with Crippen molar-refractivity contribution in [3.63, 3.8) is 0 Å². The molecule has 1 aromatic rings. The van der Waals surface area contributed by atoms with E-state index in [2.05, 4.69) is 28.2 Å². The van der Waals surface area contributed by atoms with E-state index in [1.54, 1.807) is 30.1 Å². The van der Waals surface area contributed by atoms with Gasteiger partial charge in [-0.05, 0) is 31.0 Å². The predicted molar refractivity (Wildman–Crippen MR) is 95.1 cm³/mol. The summed E-state index contributed by atoms with van der Waals surface area (Å²) in [6.07, 6.45) is 2.53. The van der Waals surface area contributed by atoms with E-state index in [1.165, 1.54) is 4.90 Å². The Morgan fingerprint density at radius 3 is 2.62 bits per heavy atom. The monoisotopic (exact) mass is 395 g/mol. The average Bonchev–Trinajstić information content (AvgIpc) is 2.80. The molecule has 0 spiro atoms. The fraction of sp³-hybridized carbons (Fsp3) is 0.471. The van der Waals surface area contributed by atoms with E-state index in [-0.39, 0.29) is 17.8 Å². The maximum atomic E-state index is 12.3. The van der Waals surface area contributed by atoms with E-state index in [4.69, 9.17) is 0 Å². The lowest BCUT2D eigenvalue weighted by molar-refractivity contribution is 0.0653. The fourth-order valence-electron chi connectivity index (χ4n) is 2.53. The van der Waals surface area contributed by atoms with Gasteiger partial charge in [-0.3, -0.25) is 14.5 Å². The van der Waals surface area contributed by atoms with Gasteiger partial charge in [0.1, 0.15) is 0 Å². The summed E-state index contributed by atoms with van der Waals surface area (Å²) >= 11 is 3.31. The number of amides is 4. The molecule has 2 rings (SSSR count).